The van der Waals surface area contributed by atoms with E-state index in [2.05, 4.69) is 64.3 Å². The highest BCUT2D eigenvalue weighted by Crippen LogP contribution is 2.31. The Morgan fingerprint density at radius 2 is 1.95 bits per heavy atom. The number of anilines is 1. The van der Waals surface area contributed by atoms with Crippen LogP contribution in [0.5, 0.6) is 0 Å². The minimum atomic E-state index is 0.0439. The number of rotatable bonds is 4. The third-order valence-corrected chi connectivity index (χ3v) is 3.96. The van der Waals surface area contributed by atoms with Crippen molar-refractivity contribution in [3.05, 3.63) is 57.2 Å². The number of nitrogen functional groups attached to an aromatic ring is 1. The van der Waals surface area contributed by atoms with E-state index in [-0.39, 0.29) is 6.04 Å². The van der Waals surface area contributed by atoms with Crippen molar-refractivity contribution in [1.29, 1.82) is 0 Å². The zero-order chi connectivity index (χ0) is 14.7. The van der Waals surface area contributed by atoms with Crippen LogP contribution in [0.15, 0.2) is 34.9 Å². The van der Waals surface area contributed by atoms with E-state index in [0.29, 0.717) is 5.82 Å². The standard InChI is InChI=1S/C16H20BrN3/c1-4-19-15(12-6-5-10(2)8-14(12)17)13-7-11(3)9-20-16(13)18/h5-9,15,19H,4H2,1-3H3,(H2,18,20). The molecule has 0 spiro atoms. The minimum Gasteiger partial charge on any atom is -0.383 e. The van der Waals surface area contributed by atoms with E-state index in [1.54, 1.807) is 6.20 Å². The number of aromatic nitrogens is 1. The van der Waals surface area contributed by atoms with Crippen molar-refractivity contribution in [3.63, 3.8) is 0 Å². The Balaban J connectivity index is 2.53. The molecule has 0 saturated carbocycles. The van der Waals surface area contributed by atoms with E-state index in [1.165, 1.54) is 11.1 Å². The summed E-state index contributed by atoms with van der Waals surface area (Å²) in [5, 5.41) is 3.49. The molecule has 0 aliphatic rings. The highest BCUT2D eigenvalue weighted by Gasteiger charge is 2.19. The molecule has 0 bridgehead atoms. The van der Waals surface area contributed by atoms with Gasteiger partial charge in [-0.05, 0) is 49.2 Å². The Labute approximate surface area is 128 Å². The van der Waals surface area contributed by atoms with Gasteiger partial charge < -0.3 is 11.1 Å². The Kier molecular flexibility index (Phi) is 4.78. The average molecular weight is 334 g/mol. The third kappa shape index (κ3) is 3.19. The fraction of sp³-hybridized carbons (Fsp3) is 0.312. The van der Waals surface area contributed by atoms with Gasteiger partial charge in [0.15, 0.2) is 0 Å². The number of hydrogen-bond acceptors (Lipinski definition) is 3. The summed E-state index contributed by atoms with van der Waals surface area (Å²) in [5.74, 6) is 0.578. The van der Waals surface area contributed by atoms with Crippen LogP contribution >= 0.6 is 15.9 Å². The summed E-state index contributed by atoms with van der Waals surface area (Å²) >= 11 is 3.66. The first-order valence-corrected chi connectivity index (χ1v) is 7.53. The monoisotopic (exact) mass is 333 g/mol. The second kappa shape index (κ2) is 6.37. The van der Waals surface area contributed by atoms with Crippen molar-refractivity contribution in [2.24, 2.45) is 0 Å². The number of nitrogens with zero attached hydrogens (tertiary/aromatic N) is 1. The van der Waals surface area contributed by atoms with Crippen LogP contribution in [0.25, 0.3) is 0 Å². The van der Waals surface area contributed by atoms with Crippen LogP contribution in [0.4, 0.5) is 5.82 Å². The van der Waals surface area contributed by atoms with Crippen LogP contribution < -0.4 is 11.1 Å². The molecule has 0 fully saturated rings. The van der Waals surface area contributed by atoms with E-state index in [4.69, 9.17) is 5.73 Å². The lowest BCUT2D eigenvalue weighted by atomic mass is 9.97. The topological polar surface area (TPSA) is 50.9 Å². The molecule has 20 heavy (non-hydrogen) atoms. The summed E-state index contributed by atoms with van der Waals surface area (Å²) in [7, 11) is 0. The summed E-state index contributed by atoms with van der Waals surface area (Å²) in [6, 6.07) is 8.52. The van der Waals surface area contributed by atoms with Gasteiger partial charge in [0.2, 0.25) is 0 Å². The van der Waals surface area contributed by atoms with Gasteiger partial charge in [0.05, 0.1) is 6.04 Å². The molecule has 0 amide bonds. The molecule has 106 valence electrons. The van der Waals surface area contributed by atoms with E-state index < -0.39 is 0 Å². The predicted molar refractivity (Wildman–Crippen MR) is 87.8 cm³/mol. The number of aryl methyl sites for hydroxylation is 2. The Hall–Kier alpha value is -1.39. The molecule has 3 nitrogen and oxygen atoms in total. The lowest BCUT2D eigenvalue weighted by Crippen LogP contribution is -2.24. The zero-order valence-corrected chi connectivity index (χ0v) is 13.7. The smallest absolute Gasteiger partial charge is 0.128 e. The third-order valence-electron chi connectivity index (χ3n) is 3.27. The van der Waals surface area contributed by atoms with Crippen molar-refractivity contribution < 1.29 is 0 Å². The maximum Gasteiger partial charge on any atom is 0.128 e. The van der Waals surface area contributed by atoms with Gasteiger partial charge in [-0.3, -0.25) is 0 Å². The van der Waals surface area contributed by atoms with Crippen molar-refractivity contribution in [2.45, 2.75) is 26.8 Å². The van der Waals surface area contributed by atoms with Crippen LogP contribution in [0, 0.1) is 13.8 Å². The van der Waals surface area contributed by atoms with Gasteiger partial charge in [-0.25, -0.2) is 4.98 Å². The first-order valence-electron chi connectivity index (χ1n) is 6.74. The summed E-state index contributed by atoms with van der Waals surface area (Å²) < 4.78 is 1.09. The molecule has 1 aromatic heterocycles. The van der Waals surface area contributed by atoms with Gasteiger partial charge >= 0.3 is 0 Å². The zero-order valence-electron chi connectivity index (χ0n) is 12.1. The molecule has 0 radical (unpaired) electrons. The molecule has 1 heterocycles. The maximum atomic E-state index is 6.07. The number of benzene rings is 1. The van der Waals surface area contributed by atoms with E-state index >= 15 is 0 Å². The second-order valence-corrected chi connectivity index (χ2v) is 5.86. The number of pyridine rings is 1. The summed E-state index contributed by atoms with van der Waals surface area (Å²) in [4.78, 5) is 4.28. The summed E-state index contributed by atoms with van der Waals surface area (Å²) in [6.07, 6.45) is 1.80. The van der Waals surface area contributed by atoms with Gasteiger partial charge in [-0.1, -0.05) is 35.0 Å². The molecule has 1 aromatic carbocycles. The Bertz CT molecular complexity index is 611. The normalized spacial score (nSPS) is 12.4. The molecule has 4 heteroatoms. The van der Waals surface area contributed by atoms with E-state index in [9.17, 15) is 0 Å². The highest BCUT2D eigenvalue weighted by molar-refractivity contribution is 9.10. The minimum absolute atomic E-state index is 0.0439. The predicted octanol–water partition coefficient (Wildman–Crippen LogP) is 3.74. The van der Waals surface area contributed by atoms with Crippen LogP contribution in [0.1, 0.15) is 35.2 Å². The van der Waals surface area contributed by atoms with Crippen molar-refractivity contribution in [3.8, 4) is 0 Å². The number of hydrogen-bond donors (Lipinski definition) is 2. The first kappa shape index (κ1) is 15.0. The molecule has 1 atom stereocenters. The van der Waals surface area contributed by atoms with Crippen molar-refractivity contribution >= 4 is 21.7 Å². The highest BCUT2D eigenvalue weighted by atomic mass is 79.9. The van der Waals surface area contributed by atoms with Gasteiger partial charge in [0.25, 0.3) is 0 Å². The lowest BCUT2D eigenvalue weighted by Gasteiger charge is -2.22. The van der Waals surface area contributed by atoms with Crippen LogP contribution in [0.3, 0.4) is 0 Å². The molecule has 3 N–H and O–H groups in total. The maximum absolute atomic E-state index is 6.07. The largest absolute Gasteiger partial charge is 0.383 e. The fourth-order valence-electron chi connectivity index (χ4n) is 2.29. The molecule has 0 aliphatic heterocycles. The van der Waals surface area contributed by atoms with Crippen LogP contribution in [0.2, 0.25) is 0 Å². The quantitative estimate of drug-likeness (QED) is 0.895. The lowest BCUT2D eigenvalue weighted by molar-refractivity contribution is 0.628. The van der Waals surface area contributed by atoms with Crippen LogP contribution in [-0.4, -0.2) is 11.5 Å². The number of nitrogens with one attached hydrogen (secondary N) is 1. The number of nitrogens with two attached hydrogens (primary N) is 1. The Morgan fingerprint density at radius 3 is 2.60 bits per heavy atom. The second-order valence-electron chi connectivity index (χ2n) is 5.00. The van der Waals surface area contributed by atoms with Crippen LogP contribution in [-0.2, 0) is 0 Å². The van der Waals surface area contributed by atoms with Crippen molar-refractivity contribution in [2.75, 3.05) is 12.3 Å². The first-order chi connectivity index (χ1) is 9.52. The molecular weight excluding hydrogens is 314 g/mol. The average Bonchev–Trinajstić information content (AvgIpc) is 2.40. The Morgan fingerprint density at radius 1 is 1.20 bits per heavy atom. The molecule has 2 rings (SSSR count). The molecule has 2 aromatic rings. The fourth-order valence-corrected chi connectivity index (χ4v) is 3.01. The van der Waals surface area contributed by atoms with Gasteiger partial charge in [0, 0.05) is 16.2 Å². The van der Waals surface area contributed by atoms with Gasteiger partial charge in [-0.2, -0.15) is 0 Å². The molecule has 0 saturated heterocycles. The summed E-state index contributed by atoms with van der Waals surface area (Å²) in [5.41, 5.74) is 10.6. The molecule has 1 unspecified atom stereocenters. The van der Waals surface area contributed by atoms with Crippen molar-refractivity contribution in [1.82, 2.24) is 10.3 Å². The molecule has 0 aliphatic carbocycles. The number of halogens is 1. The molecular formula is C16H20BrN3. The SMILES string of the molecule is CCNC(c1ccc(C)cc1Br)c1cc(C)cnc1N. The van der Waals surface area contributed by atoms with Gasteiger partial charge in [0.1, 0.15) is 5.82 Å². The van der Waals surface area contributed by atoms with E-state index in [0.717, 1.165) is 22.1 Å². The summed E-state index contributed by atoms with van der Waals surface area (Å²) in [6.45, 7) is 7.06. The van der Waals surface area contributed by atoms with Gasteiger partial charge in [-0.15, -0.1) is 0 Å². The van der Waals surface area contributed by atoms with E-state index in [1.807, 2.05) is 6.92 Å².